The van der Waals surface area contributed by atoms with Crippen LogP contribution >= 0.6 is 11.6 Å². The zero-order valence-electron chi connectivity index (χ0n) is 20.2. The van der Waals surface area contributed by atoms with Gasteiger partial charge in [0.25, 0.3) is 11.8 Å². The Hall–Kier alpha value is -3.16. The third-order valence-corrected chi connectivity index (χ3v) is 6.77. The molecule has 0 unspecified atom stereocenters. The van der Waals surface area contributed by atoms with Crippen LogP contribution in [0.15, 0.2) is 48.7 Å². The number of nitrogens with one attached hydrogen (secondary N) is 2. The minimum Gasteiger partial charge on any atom is -0.349 e. The van der Waals surface area contributed by atoms with Gasteiger partial charge in [0.15, 0.2) is 0 Å². The second-order valence-corrected chi connectivity index (χ2v) is 9.65. The maximum Gasteiger partial charge on any atom is 0.259 e. The van der Waals surface area contributed by atoms with Crippen LogP contribution < -0.4 is 16.4 Å². The van der Waals surface area contributed by atoms with E-state index in [4.69, 9.17) is 17.3 Å². The van der Waals surface area contributed by atoms with Crippen LogP contribution in [-0.4, -0.2) is 33.7 Å². The molecule has 184 valence electrons. The summed E-state index contributed by atoms with van der Waals surface area (Å²) in [7, 11) is 0. The average molecular weight is 494 g/mol. The molecule has 0 aliphatic heterocycles. The fourth-order valence-corrected chi connectivity index (χ4v) is 4.64. The molecule has 1 fully saturated rings. The lowest BCUT2D eigenvalue weighted by Crippen LogP contribution is -2.40. The number of aryl methyl sites for hydroxylation is 1. The Morgan fingerprint density at radius 2 is 1.80 bits per heavy atom. The fourth-order valence-electron chi connectivity index (χ4n) is 4.51. The van der Waals surface area contributed by atoms with Gasteiger partial charge in [0.05, 0.1) is 23.1 Å². The highest BCUT2D eigenvalue weighted by molar-refractivity contribution is 6.30. The van der Waals surface area contributed by atoms with Crippen LogP contribution in [-0.2, 0) is 6.42 Å². The summed E-state index contributed by atoms with van der Waals surface area (Å²) in [4.78, 5) is 25.9. The summed E-state index contributed by atoms with van der Waals surface area (Å²) in [6.45, 7) is 3.95. The smallest absolute Gasteiger partial charge is 0.259 e. The van der Waals surface area contributed by atoms with Crippen molar-refractivity contribution in [2.24, 2.45) is 5.73 Å². The zero-order chi connectivity index (χ0) is 24.9. The number of rotatable bonds is 7. The molecule has 0 bridgehead atoms. The minimum atomic E-state index is -0.229. The topological polar surface area (TPSA) is 102 Å². The summed E-state index contributed by atoms with van der Waals surface area (Å²) >= 11 is 6.02. The van der Waals surface area contributed by atoms with Gasteiger partial charge in [-0.2, -0.15) is 5.10 Å². The molecule has 1 aromatic heterocycles. The quantitative estimate of drug-likeness (QED) is 0.429. The number of carbonyl (C=O) groups is 2. The summed E-state index contributed by atoms with van der Waals surface area (Å²) in [5.74, 6) is -0.326. The molecule has 2 aromatic carbocycles. The van der Waals surface area contributed by atoms with E-state index in [2.05, 4.69) is 22.7 Å². The number of nitrogens with two attached hydrogens (primary N) is 1. The number of aromatic nitrogens is 2. The monoisotopic (exact) mass is 493 g/mol. The second-order valence-electron chi connectivity index (χ2n) is 9.21. The number of hydrogen-bond donors (Lipinski definition) is 3. The lowest BCUT2D eigenvalue weighted by atomic mass is 9.91. The van der Waals surface area contributed by atoms with Crippen LogP contribution in [0.5, 0.6) is 0 Å². The molecule has 35 heavy (non-hydrogen) atoms. The van der Waals surface area contributed by atoms with Crippen LogP contribution in [0.3, 0.4) is 0 Å². The van der Waals surface area contributed by atoms with Crippen molar-refractivity contribution in [1.29, 1.82) is 0 Å². The number of nitrogens with zero attached hydrogens (tertiary/aromatic N) is 2. The van der Waals surface area contributed by atoms with Crippen molar-refractivity contribution < 1.29 is 9.59 Å². The number of benzene rings is 2. The van der Waals surface area contributed by atoms with Crippen molar-refractivity contribution >= 4 is 29.1 Å². The van der Waals surface area contributed by atoms with E-state index in [0.717, 1.165) is 49.0 Å². The Labute approximate surface area is 211 Å². The van der Waals surface area contributed by atoms with Gasteiger partial charge < -0.3 is 16.4 Å². The Morgan fingerprint density at radius 3 is 2.46 bits per heavy atom. The highest BCUT2D eigenvalue weighted by Gasteiger charge is 2.22. The Balaban J connectivity index is 1.48. The third kappa shape index (κ3) is 5.92. The van der Waals surface area contributed by atoms with Crippen LogP contribution in [0.1, 0.15) is 71.0 Å². The molecule has 1 heterocycles. The Bertz CT molecular complexity index is 1200. The van der Waals surface area contributed by atoms with E-state index in [1.165, 1.54) is 0 Å². The van der Waals surface area contributed by atoms with Crippen LogP contribution in [0, 0.1) is 6.92 Å². The maximum atomic E-state index is 13.2. The van der Waals surface area contributed by atoms with E-state index in [1.54, 1.807) is 35.1 Å². The summed E-state index contributed by atoms with van der Waals surface area (Å²) in [5.41, 5.74) is 10.2. The van der Waals surface area contributed by atoms with Gasteiger partial charge in [0.1, 0.15) is 0 Å². The normalized spacial score (nSPS) is 17.7. The SMILES string of the molecule is CCCc1c(C(=O)Nc2ccc(C(=O)NC3CCC(N)CC3)cc2C)cnn1-c1ccc(Cl)cc1. The van der Waals surface area contributed by atoms with Crippen LogP contribution in [0.25, 0.3) is 5.69 Å². The van der Waals surface area contributed by atoms with Gasteiger partial charge >= 0.3 is 0 Å². The van der Waals surface area contributed by atoms with Crippen molar-refractivity contribution in [2.75, 3.05) is 5.32 Å². The molecule has 3 aromatic rings. The lowest BCUT2D eigenvalue weighted by Gasteiger charge is -2.26. The van der Waals surface area contributed by atoms with Gasteiger partial charge in [-0.25, -0.2) is 4.68 Å². The van der Waals surface area contributed by atoms with Crippen LogP contribution in [0.2, 0.25) is 5.02 Å². The molecule has 0 atom stereocenters. The van der Waals surface area contributed by atoms with Gasteiger partial charge in [-0.05, 0) is 87.1 Å². The van der Waals surface area contributed by atoms with E-state index >= 15 is 0 Å². The summed E-state index contributed by atoms with van der Waals surface area (Å²) in [6, 6.07) is 13.1. The average Bonchev–Trinajstić information content (AvgIpc) is 3.26. The Kier molecular flexibility index (Phi) is 7.88. The predicted molar refractivity (Wildman–Crippen MR) is 139 cm³/mol. The summed E-state index contributed by atoms with van der Waals surface area (Å²) in [5, 5.41) is 11.2. The molecule has 0 spiro atoms. The first-order valence-electron chi connectivity index (χ1n) is 12.2. The van der Waals surface area contributed by atoms with Gasteiger partial charge in [-0.3, -0.25) is 9.59 Å². The maximum absolute atomic E-state index is 13.2. The van der Waals surface area contributed by atoms with Gasteiger partial charge in [-0.15, -0.1) is 0 Å². The van der Waals surface area contributed by atoms with Gasteiger partial charge in [0.2, 0.25) is 0 Å². The molecule has 4 rings (SSSR count). The van der Waals surface area contributed by atoms with Gasteiger partial charge in [-0.1, -0.05) is 24.9 Å². The first kappa shape index (κ1) is 24.9. The van der Waals surface area contributed by atoms with Crippen molar-refractivity contribution in [3.63, 3.8) is 0 Å². The molecule has 1 aliphatic carbocycles. The van der Waals surface area contributed by atoms with Gasteiger partial charge in [0, 0.05) is 28.4 Å². The van der Waals surface area contributed by atoms with Crippen molar-refractivity contribution in [3.05, 3.63) is 76.1 Å². The second kappa shape index (κ2) is 11.1. The molecule has 8 heteroatoms. The standard InChI is InChI=1S/C27H32ClN5O2/c1-3-4-25-23(16-30-33(25)22-12-6-19(28)7-13-22)27(35)32-24-14-5-18(15-17(24)2)26(34)31-21-10-8-20(29)9-11-21/h5-7,12-16,20-21H,3-4,8-11,29H2,1-2H3,(H,31,34)(H,32,35). The highest BCUT2D eigenvalue weighted by atomic mass is 35.5. The summed E-state index contributed by atoms with van der Waals surface area (Å²) < 4.78 is 1.78. The number of amides is 2. The zero-order valence-corrected chi connectivity index (χ0v) is 20.9. The van der Waals surface area contributed by atoms with E-state index in [0.29, 0.717) is 28.3 Å². The molecule has 4 N–H and O–H groups in total. The van der Waals surface area contributed by atoms with E-state index in [1.807, 2.05) is 25.1 Å². The van der Waals surface area contributed by atoms with E-state index in [9.17, 15) is 9.59 Å². The molecule has 0 saturated heterocycles. The number of anilines is 1. The fraction of sp³-hybridized carbons (Fsp3) is 0.370. The Morgan fingerprint density at radius 1 is 1.09 bits per heavy atom. The van der Waals surface area contributed by atoms with Crippen molar-refractivity contribution in [3.8, 4) is 5.69 Å². The molecule has 2 amide bonds. The highest BCUT2D eigenvalue weighted by Crippen LogP contribution is 2.23. The molecule has 0 radical (unpaired) electrons. The molecule has 1 aliphatic rings. The number of halogens is 1. The van der Waals surface area contributed by atoms with E-state index in [-0.39, 0.29) is 23.9 Å². The molecule has 7 nitrogen and oxygen atoms in total. The number of hydrogen-bond acceptors (Lipinski definition) is 4. The molecular formula is C27H32ClN5O2. The van der Waals surface area contributed by atoms with Crippen molar-refractivity contribution in [2.45, 2.75) is 64.5 Å². The summed E-state index contributed by atoms with van der Waals surface area (Å²) in [6.07, 6.45) is 6.85. The minimum absolute atomic E-state index is 0.0964. The third-order valence-electron chi connectivity index (χ3n) is 6.52. The largest absolute Gasteiger partial charge is 0.349 e. The predicted octanol–water partition coefficient (Wildman–Crippen LogP) is 5.04. The molecule has 1 saturated carbocycles. The lowest BCUT2D eigenvalue weighted by molar-refractivity contribution is 0.0925. The number of carbonyl (C=O) groups excluding carboxylic acids is 2. The molecular weight excluding hydrogens is 462 g/mol. The van der Waals surface area contributed by atoms with Crippen molar-refractivity contribution in [1.82, 2.24) is 15.1 Å². The first-order chi connectivity index (χ1) is 16.9. The van der Waals surface area contributed by atoms with Crippen LogP contribution in [0.4, 0.5) is 5.69 Å². The van der Waals surface area contributed by atoms with E-state index < -0.39 is 0 Å². The first-order valence-corrected chi connectivity index (χ1v) is 12.5.